The molecule has 0 aromatic rings. The van der Waals surface area contributed by atoms with E-state index in [0.29, 0.717) is 17.6 Å². The van der Waals surface area contributed by atoms with Crippen LogP contribution in [0.25, 0.3) is 0 Å². The van der Waals surface area contributed by atoms with Crippen molar-refractivity contribution < 1.29 is 4.74 Å². The molecule has 0 aromatic carbocycles. The van der Waals surface area contributed by atoms with E-state index in [1.54, 1.807) is 0 Å². The number of hydrogen-bond donors (Lipinski definition) is 1. The van der Waals surface area contributed by atoms with Crippen molar-refractivity contribution in [2.75, 3.05) is 32.8 Å². The van der Waals surface area contributed by atoms with Gasteiger partial charge in [-0.1, -0.05) is 27.7 Å². The van der Waals surface area contributed by atoms with Gasteiger partial charge >= 0.3 is 0 Å². The molecule has 1 atom stereocenters. The van der Waals surface area contributed by atoms with E-state index in [2.05, 4.69) is 44.8 Å². The van der Waals surface area contributed by atoms with Crippen LogP contribution in [0.5, 0.6) is 0 Å². The molecule has 3 nitrogen and oxygen atoms in total. The molecule has 1 saturated heterocycles. The van der Waals surface area contributed by atoms with Crippen LogP contribution < -0.4 is 5.32 Å². The van der Waals surface area contributed by atoms with Gasteiger partial charge in [-0.3, -0.25) is 0 Å². The van der Waals surface area contributed by atoms with Crippen LogP contribution in [0, 0.1) is 5.41 Å². The van der Waals surface area contributed by atoms with E-state index in [4.69, 9.17) is 4.74 Å². The van der Waals surface area contributed by atoms with Crippen LogP contribution in [0.4, 0.5) is 0 Å². The molecule has 0 spiro atoms. The Kier molecular flexibility index (Phi) is 7.33. The second-order valence-corrected chi connectivity index (χ2v) is 6.83. The smallest absolute Gasteiger partial charge is 0.0599 e. The van der Waals surface area contributed by atoms with Crippen molar-refractivity contribution in [3.8, 4) is 0 Å². The summed E-state index contributed by atoms with van der Waals surface area (Å²) in [6.07, 6.45) is 4.09. The molecule has 1 heterocycles. The van der Waals surface area contributed by atoms with E-state index in [-0.39, 0.29) is 0 Å². The highest BCUT2D eigenvalue weighted by Gasteiger charge is 2.28. The summed E-state index contributed by atoms with van der Waals surface area (Å²) < 4.78 is 5.73. The summed E-state index contributed by atoms with van der Waals surface area (Å²) in [6, 6.07) is 0.580. The lowest BCUT2D eigenvalue weighted by Gasteiger charge is -2.39. The van der Waals surface area contributed by atoms with Crippen molar-refractivity contribution in [1.29, 1.82) is 0 Å². The third-order valence-corrected chi connectivity index (χ3v) is 4.06. The molecule has 3 heteroatoms. The normalized spacial score (nSPS) is 20.7. The van der Waals surface area contributed by atoms with Crippen molar-refractivity contribution >= 4 is 0 Å². The standard InChI is InChI=1S/C16H34N2O/c1-6-10-17-15(16(3,4)5)13-18-11-8-14(9-12-18)19-7-2/h14-15,17H,6-13H2,1-5H3. The molecule has 1 aliphatic heterocycles. The Balaban J connectivity index is 2.39. The largest absolute Gasteiger partial charge is 0.378 e. The molecule has 1 fully saturated rings. The third-order valence-electron chi connectivity index (χ3n) is 4.06. The number of likely N-dealkylation sites (tertiary alicyclic amines) is 1. The topological polar surface area (TPSA) is 24.5 Å². The number of rotatable bonds is 7. The van der Waals surface area contributed by atoms with Gasteiger partial charge in [-0.15, -0.1) is 0 Å². The Labute approximate surface area is 120 Å². The Morgan fingerprint density at radius 2 is 1.84 bits per heavy atom. The molecule has 1 aliphatic rings. The number of nitrogens with one attached hydrogen (secondary N) is 1. The predicted octanol–water partition coefficient (Wildman–Crippen LogP) is 2.90. The zero-order chi connectivity index (χ0) is 14.3. The summed E-state index contributed by atoms with van der Waals surface area (Å²) >= 11 is 0. The predicted molar refractivity (Wildman–Crippen MR) is 82.6 cm³/mol. The number of nitrogens with zero attached hydrogens (tertiary/aromatic N) is 1. The van der Waals surface area contributed by atoms with Crippen LogP contribution in [0.15, 0.2) is 0 Å². The fourth-order valence-corrected chi connectivity index (χ4v) is 2.72. The minimum absolute atomic E-state index is 0.325. The van der Waals surface area contributed by atoms with E-state index in [1.807, 2.05) is 0 Å². The molecular weight excluding hydrogens is 236 g/mol. The molecule has 0 aliphatic carbocycles. The van der Waals surface area contributed by atoms with Crippen LogP contribution in [-0.4, -0.2) is 49.8 Å². The van der Waals surface area contributed by atoms with E-state index >= 15 is 0 Å². The first kappa shape index (κ1) is 16.9. The molecule has 1 rings (SSSR count). The highest BCUT2D eigenvalue weighted by Crippen LogP contribution is 2.22. The Bertz CT molecular complexity index is 229. The van der Waals surface area contributed by atoms with E-state index < -0.39 is 0 Å². The Morgan fingerprint density at radius 3 is 2.32 bits per heavy atom. The average Bonchev–Trinajstić information content (AvgIpc) is 2.35. The lowest BCUT2D eigenvalue weighted by molar-refractivity contribution is 0.00925. The molecule has 114 valence electrons. The molecule has 0 amide bonds. The maximum atomic E-state index is 5.73. The highest BCUT2D eigenvalue weighted by atomic mass is 16.5. The van der Waals surface area contributed by atoms with Crippen molar-refractivity contribution in [3.63, 3.8) is 0 Å². The first-order valence-corrected chi connectivity index (χ1v) is 8.04. The molecule has 1 N–H and O–H groups in total. The molecule has 0 bridgehead atoms. The molecule has 0 radical (unpaired) electrons. The summed E-state index contributed by atoms with van der Waals surface area (Å²) in [5.74, 6) is 0. The minimum atomic E-state index is 0.325. The van der Waals surface area contributed by atoms with Crippen molar-refractivity contribution in [2.45, 2.75) is 66.0 Å². The van der Waals surface area contributed by atoms with Crippen LogP contribution in [0.3, 0.4) is 0 Å². The first-order valence-electron chi connectivity index (χ1n) is 8.04. The van der Waals surface area contributed by atoms with Gasteiger partial charge in [0.25, 0.3) is 0 Å². The second kappa shape index (κ2) is 8.23. The fourth-order valence-electron chi connectivity index (χ4n) is 2.72. The van der Waals surface area contributed by atoms with E-state index in [9.17, 15) is 0 Å². The van der Waals surface area contributed by atoms with Crippen LogP contribution in [-0.2, 0) is 4.74 Å². The summed E-state index contributed by atoms with van der Waals surface area (Å²) in [5, 5.41) is 3.72. The first-order chi connectivity index (χ1) is 8.97. The summed E-state index contributed by atoms with van der Waals surface area (Å²) in [6.45, 7) is 16.9. The van der Waals surface area contributed by atoms with Gasteiger partial charge in [0.1, 0.15) is 0 Å². The van der Waals surface area contributed by atoms with Crippen molar-refractivity contribution in [1.82, 2.24) is 10.2 Å². The summed E-state index contributed by atoms with van der Waals surface area (Å²) in [4.78, 5) is 2.61. The van der Waals surface area contributed by atoms with Gasteiger partial charge in [0.2, 0.25) is 0 Å². The number of ether oxygens (including phenoxy) is 1. The lowest BCUT2D eigenvalue weighted by Crippen LogP contribution is -2.51. The maximum Gasteiger partial charge on any atom is 0.0599 e. The van der Waals surface area contributed by atoms with E-state index in [0.717, 1.165) is 13.2 Å². The summed E-state index contributed by atoms with van der Waals surface area (Å²) in [5.41, 5.74) is 0.325. The highest BCUT2D eigenvalue weighted by molar-refractivity contribution is 4.85. The zero-order valence-corrected chi connectivity index (χ0v) is 13.7. The van der Waals surface area contributed by atoms with Gasteiger partial charge in [0.15, 0.2) is 0 Å². The van der Waals surface area contributed by atoms with Gasteiger partial charge in [-0.05, 0) is 38.1 Å². The van der Waals surface area contributed by atoms with Gasteiger partial charge in [-0.2, -0.15) is 0 Å². The van der Waals surface area contributed by atoms with Gasteiger partial charge < -0.3 is 15.0 Å². The molecule has 0 saturated carbocycles. The van der Waals surface area contributed by atoms with Gasteiger partial charge in [-0.25, -0.2) is 0 Å². The van der Waals surface area contributed by atoms with Crippen molar-refractivity contribution in [2.24, 2.45) is 5.41 Å². The van der Waals surface area contributed by atoms with Gasteiger partial charge in [0.05, 0.1) is 6.10 Å². The monoisotopic (exact) mass is 270 g/mol. The SMILES string of the molecule is CCCNC(CN1CCC(OCC)CC1)C(C)(C)C. The van der Waals surface area contributed by atoms with Crippen LogP contribution in [0.2, 0.25) is 0 Å². The maximum absolute atomic E-state index is 5.73. The number of piperidine rings is 1. The molecular formula is C16H34N2O. The molecule has 1 unspecified atom stereocenters. The lowest BCUT2D eigenvalue weighted by atomic mass is 9.86. The average molecular weight is 270 g/mol. The molecule has 0 aromatic heterocycles. The minimum Gasteiger partial charge on any atom is -0.378 e. The van der Waals surface area contributed by atoms with Crippen LogP contribution in [0.1, 0.15) is 53.9 Å². The fraction of sp³-hybridized carbons (Fsp3) is 1.00. The van der Waals surface area contributed by atoms with Gasteiger partial charge in [0, 0.05) is 32.3 Å². The third kappa shape index (κ3) is 6.24. The zero-order valence-electron chi connectivity index (χ0n) is 13.7. The van der Waals surface area contributed by atoms with Crippen molar-refractivity contribution in [3.05, 3.63) is 0 Å². The number of hydrogen-bond acceptors (Lipinski definition) is 3. The quantitative estimate of drug-likeness (QED) is 0.770. The molecule has 19 heavy (non-hydrogen) atoms. The second-order valence-electron chi connectivity index (χ2n) is 6.83. The summed E-state index contributed by atoms with van der Waals surface area (Å²) in [7, 11) is 0. The van der Waals surface area contributed by atoms with E-state index in [1.165, 1.54) is 38.9 Å². The van der Waals surface area contributed by atoms with Crippen LogP contribution >= 0.6 is 0 Å². The Hall–Kier alpha value is -0.120. The Morgan fingerprint density at radius 1 is 1.21 bits per heavy atom.